The normalized spacial score (nSPS) is 29.8. The predicted octanol–water partition coefficient (Wildman–Crippen LogP) is 3.62. The van der Waals surface area contributed by atoms with E-state index in [4.69, 9.17) is 4.74 Å². The van der Waals surface area contributed by atoms with Crippen LogP contribution in [-0.2, 0) is 14.4 Å². The molecule has 5 rings (SSSR count). The van der Waals surface area contributed by atoms with Crippen molar-refractivity contribution in [1.82, 2.24) is 10.2 Å². The molecule has 3 fully saturated rings. The van der Waals surface area contributed by atoms with Gasteiger partial charge in [0.05, 0.1) is 35.8 Å². The number of carbonyl (C=O) groups excluding carboxylic acids is 3. The first-order valence-corrected chi connectivity index (χ1v) is 14.6. The van der Waals surface area contributed by atoms with E-state index in [9.17, 15) is 19.5 Å². The van der Waals surface area contributed by atoms with Crippen molar-refractivity contribution in [3.8, 4) is 5.75 Å². The van der Waals surface area contributed by atoms with Crippen LogP contribution in [0.1, 0.15) is 45.7 Å². The van der Waals surface area contributed by atoms with Gasteiger partial charge in [0.15, 0.2) is 0 Å². The minimum absolute atomic E-state index is 0.0407. The summed E-state index contributed by atoms with van der Waals surface area (Å²) in [5.74, 6) is -1.18. The van der Waals surface area contributed by atoms with Crippen LogP contribution in [0.5, 0.6) is 5.75 Å². The van der Waals surface area contributed by atoms with E-state index < -0.39 is 28.7 Å². The summed E-state index contributed by atoms with van der Waals surface area (Å²) in [7, 11) is 0. The van der Waals surface area contributed by atoms with Gasteiger partial charge in [0.1, 0.15) is 11.8 Å². The first-order valence-electron chi connectivity index (χ1n) is 13.7. The number of fused-ring (bicyclic) bond motifs is 1. The number of aliphatic hydroxyl groups is 1. The largest absolute Gasteiger partial charge is 0.494 e. The van der Waals surface area contributed by atoms with Gasteiger partial charge in [0.2, 0.25) is 17.7 Å². The van der Waals surface area contributed by atoms with E-state index in [2.05, 4.69) is 17.6 Å². The van der Waals surface area contributed by atoms with Gasteiger partial charge in [0.25, 0.3) is 0 Å². The Morgan fingerprint density at radius 3 is 2.44 bits per heavy atom. The highest BCUT2D eigenvalue weighted by atomic mass is 32.2. The fourth-order valence-corrected chi connectivity index (χ4v) is 9.22. The number of benzene rings is 2. The molecular weight excluding hydrogens is 514 g/mol. The van der Waals surface area contributed by atoms with E-state index in [0.29, 0.717) is 12.3 Å². The highest BCUT2D eigenvalue weighted by molar-refractivity contribution is 8.02. The van der Waals surface area contributed by atoms with E-state index in [1.54, 1.807) is 40.9 Å². The minimum Gasteiger partial charge on any atom is -0.494 e. The molecule has 3 aliphatic heterocycles. The number of thioether (sulfide) groups is 1. The molecule has 3 amide bonds. The Morgan fingerprint density at radius 2 is 1.82 bits per heavy atom. The predicted molar refractivity (Wildman–Crippen MR) is 151 cm³/mol. The van der Waals surface area contributed by atoms with E-state index in [0.717, 1.165) is 17.7 Å². The number of aliphatic hydroxyl groups excluding tert-OH is 1. The third-order valence-electron chi connectivity index (χ3n) is 8.29. The van der Waals surface area contributed by atoms with Crippen LogP contribution in [-0.4, -0.2) is 63.0 Å². The summed E-state index contributed by atoms with van der Waals surface area (Å²) in [5.41, 5.74) is 1.39. The van der Waals surface area contributed by atoms with Crippen LogP contribution in [0.3, 0.4) is 0 Å². The second-order valence-corrected chi connectivity index (χ2v) is 12.6. The molecule has 0 aliphatic carbocycles. The summed E-state index contributed by atoms with van der Waals surface area (Å²) in [6, 6.07) is 14.9. The number of rotatable bonds is 9. The molecule has 3 heterocycles. The molecule has 0 saturated carbocycles. The van der Waals surface area contributed by atoms with Gasteiger partial charge >= 0.3 is 0 Å². The molecule has 8 nitrogen and oxygen atoms in total. The lowest BCUT2D eigenvalue weighted by molar-refractivity contribution is -0.142. The number of hydrogen-bond acceptors (Lipinski definition) is 6. The molecule has 3 aliphatic rings. The smallest absolute Gasteiger partial charge is 0.244 e. The molecule has 39 heavy (non-hydrogen) atoms. The summed E-state index contributed by atoms with van der Waals surface area (Å²) >= 11 is 1.62. The van der Waals surface area contributed by atoms with Crippen molar-refractivity contribution in [1.29, 1.82) is 0 Å². The zero-order valence-corrected chi connectivity index (χ0v) is 23.6. The second-order valence-electron chi connectivity index (χ2n) is 11.0. The van der Waals surface area contributed by atoms with Crippen molar-refractivity contribution in [2.45, 2.75) is 62.2 Å². The monoisotopic (exact) mass is 551 g/mol. The molecular formula is C30H37N3O5S. The Kier molecular flexibility index (Phi) is 7.66. The van der Waals surface area contributed by atoms with E-state index in [1.165, 1.54) is 0 Å². The van der Waals surface area contributed by atoms with Gasteiger partial charge in [-0.15, -0.1) is 11.8 Å². The molecule has 1 spiro atoms. The average molecular weight is 552 g/mol. The van der Waals surface area contributed by atoms with Crippen LogP contribution in [0.15, 0.2) is 54.6 Å². The van der Waals surface area contributed by atoms with Crippen molar-refractivity contribution in [3.63, 3.8) is 0 Å². The van der Waals surface area contributed by atoms with Crippen molar-refractivity contribution in [2.24, 2.45) is 17.8 Å². The number of amides is 3. The molecule has 3 saturated heterocycles. The molecule has 3 unspecified atom stereocenters. The van der Waals surface area contributed by atoms with Gasteiger partial charge in [0, 0.05) is 17.0 Å². The van der Waals surface area contributed by atoms with Crippen LogP contribution in [0.25, 0.3) is 0 Å². The Morgan fingerprint density at radius 1 is 1.13 bits per heavy atom. The van der Waals surface area contributed by atoms with Crippen LogP contribution in [0.4, 0.5) is 5.69 Å². The van der Waals surface area contributed by atoms with Crippen molar-refractivity contribution in [3.05, 3.63) is 60.2 Å². The first-order chi connectivity index (χ1) is 18.7. The number of carbonyl (C=O) groups is 3. The number of likely N-dealkylation sites (tertiary alicyclic amines) is 1. The topological polar surface area (TPSA) is 108 Å². The standard InChI is InChI=1S/C30H37N3O5S/c1-5-38-21-13-11-20(12-14-21)32-27(35)24-23-15-18(4)30(39-23)25(24)29(37)33(26(30)28(36)31-17(2)3)22(16-34)19-9-7-6-8-10-19/h6-14,17-18,22-26,34H,5,15-16H2,1-4H3,(H,31,36)(H,32,35)/t18?,22-,23-,24+,25+,26?,30?/m1/s1. The summed E-state index contributed by atoms with van der Waals surface area (Å²) in [4.78, 5) is 43.7. The van der Waals surface area contributed by atoms with Gasteiger partial charge in [-0.3, -0.25) is 14.4 Å². The highest BCUT2D eigenvalue weighted by Crippen LogP contribution is 2.69. The maximum atomic E-state index is 14.4. The number of hydrogen-bond donors (Lipinski definition) is 3. The lowest BCUT2D eigenvalue weighted by atomic mass is 9.65. The molecule has 2 bridgehead atoms. The maximum Gasteiger partial charge on any atom is 0.244 e. The third-order valence-corrected chi connectivity index (χ3v) is 10.4. The quantitative estimate of drug-likeness (QED) is 0.440. The minimum atomic E-state index is -0.803. The van der Waals surface area contributed by atoms with Crippen molar-refractivity contribution >= 4 is 35.2 Å². The van der Waals surface area contributed by atoms with Gasteiger partial charge in [-0.2, -0.15) is 0 Å². The van der Waals surface area contributed by atoms with Crippen LogP contribution in [0.2, 0.25) is 0 Å². The first kappa shape index (κ1) is 27.5. The highest BCUT2D eigenvalue weighted by Gasteiger charge is 2.76. The van der Waals surface area contributed by atoms with Crippen molar-refractivity contribution < 1.29 is 24.2 Å². The molecule has 0 radical (unpaired) electrons. The SMILES string of the molecule is CCOc1ccc(NC(=O)[C@@H]2[C@H]3C(=O)N([C@H](CO)c4ccccc4)C(C(=O)NC(C)C)C34S[C@@H]2CC4C)cc1. The van der Waals surface area contributed by atoms with Gasteiger partial charge in [-0.1, -0.05) is 37.3 Å². The summed E-state index contributed by atoms with van der Waals surface area (Å²) in [6.45, 7) is 8.01. The fraction of sp³-hybridized carbons (Fsp3) is 0.500. The number of nitrogens with one attached hydrogen (secondary N) is 2. The molecule has 0 aromatic heterocycles. The van der Waals surface area contributed by atoms with E-state index >= 15 is 0 Å². The number of ether oxygens (including phenoxy) is 1. The fourth-order valence-electron chi connectivity index (χ4n) is 6.81. The summed E-state index contributed by atoms with van der Waals surface area (Å²) in [5, 5.41) is 16.5. The molecule has 2 aromatic carbocycles. The Labute approximate surface area is 233 Å². The molecule has 3 N–H and O–H groups in total. The molecule has 208 valence electrons. The van der Waals surface area contributed by atoms with Crippen molar-refractivity contribution in [2.75, 3.05) is 18.5 Å². The van der Waals surface area contributed by atoms with Gasteiger partial charge < -0.3 is 25.4 Å². The second kappa shape index (κ2) is 10.8. The van der Waals surface area contributed by atoms with Gasteiger partial charge in [-0.05, 0) is 62.9 Å². The maximum absolute atomic E-state index is 14.4. The Balaban J connectivity index is 1.52. The lowest BCUT2D eigenvalue weighted by Gasteiger charge is -2.40. The molecule has 2 aromatic rings. The Bertz CT molecular complexity index is 1220. The lowest BCUT2D eigenvalue weighted by Crippen LogP contribution is -2.57. The van der Waals surface area contributed by atoms with Crippen LogP contribution >= 0.6 is 11.8 Å². The van der Waals surface area contributed by atoms with Crippen LogP contribution < -0.4 is 15.4 Å². The summed E-state index contributed by atoms with van der Waals surface area (Å²) < 4.78 is 4.75. The third kappa shape index (κ3) is 4.59. The van der Waals surface area contributed by atoms with Crippen LogP contribution in [0, 0.1) is 17.8 Å². The zero-order valence-electron chi connectivity index (χ0n) is 22.8. The average Bonchev–Trinajstić information content (AvgIpc) is 3.50. The summed E-state index contributed by atoms with van der Waals surface area (Å²) in [6.07, 6.45) is 0.740. The molecule has 9 heteroatoms. The van der Waals surface area contributed by atoms with E-state index in [1.807, 2.05) is 51.1 Å². The van der Waals surface area contributed by atoms with Gasteiger partial charge in [-0.25, -0.2) is 0 Å². The Hall–Kier alpha value is -3.04. The number of nitrogens with zero attached hydrogens (tertiary/aromatic N) is 1. The zero-order chi connectivity index (χ0) is 27.9. The van der Waals surface area contributed by atoms with E-state index in [-0.39, 0.29) is 41.5 Å². The number of anilines is 1. The molecule has 7 atom stereocenters.